The average molecular weight is 1530 g/mol. The number of likely N-dealkylation sites (tertiary alicyclic amines) is 4. The Kier molecular flexibility index (Phi) is 35.6. The van der Waals surface area contributed by atoms with Crippen molar-refractivity contribution in [3.05, 3.63) is 0 Å². The average Bonchev–Trinajstić information content (AvgIpc) is 1.74. The number of carbonyl (C=O) groups is 16. The number of aliphatic hydroxyl groups is 7. The number of rotatable bonds is 40. The van der Waals surface area contributed by atoms with Crippen molar-refractivity contribution in [1.29, 1.82) is 0 Å². The van der Waals surface area contributed by atoms with Crippen LogP contribution in [0.2, 0.25) is 0 Å². The number of nitrogens with two attached hydrogens (primary N) is 3. The van der Waals surface area contributed by atoms with Gasteiger partial charge in [0, 0.05) is 32.6 Å². The number of amides is 15. The molecular weight excluding hydrogens is 1410 g/mol. The van der Waals surface area contributed by atoms with Gasteiger partial charge in [0.15, 0.2) is 6.04 Å². The molecule has 4 saturated heterocycles. The first-order valence-corrected chi connectivity index (χ1v) is 36.0. The van der Waals surface area contributed by atoms with Crippen LogP contribution in [0.3, 0.4) is 0 Å². The molecule has 15 amide bonds. The third-order valence-corrected chi connectivity index (χ3v) is 19.0. The summed E-state index contributed by atoms with van der Waals surface area (Å²) in [6.45, 7) is 10.3. The molecule has 0 radical (unpaired) electrons. The minimum absolute atomic E-state index is 0.00433. The summed E-state index contributed by atoms with van der Waals surface area (Å²) in [6, 6.07) is -21.7. The second-order valence-corrected chi connectivity index (χ2v) is 28.1. The van der Waals surface area contributed by atoms with Crippen LogP contribution in [-0.2, 0) is 76.7 Å². The van der Waals surface area contributed by atoms with Crippen LogP contribution >= 0.6 is 0 Å². The molecule has 0 aromatic rings. The summed E-state index contributed by atoms with van der Waals surface area (Å²) >= 11 is 0. The lowest BCUT2D eigenvalue weighted by atomic mass is 10.0. The zero-order chi connectivity index (χ0) is 80.8. The van der Waals surface area contributed by atoms with Crippen LogP contribution in [-0.4, -0.2) is 322 Å². The van der Waals surface area contributed by atoms with E-state index < -0.39 is 247 Å². The standard InChI is InChI=1S/C66H111N17O24/c1-29(2)45(73-53(93)37(68)16-10-11-23-67)60(100)78-51(35(8)89)65(105)82-26-14-19-41(82)57(97)77-50(34(7)88)64(104)81-25-13-18-40(81)56(96)76-49(33(6)87)63(103)80-24-12-17-39(80)55(95)74-46(30(3)84)59(99)70-28-44(92)72-47(31(4)85)61(101)71-38(21-22-43(69)91)54(94)75-48(32(5)86)62(102)83-27-15-20-42(83)58(98)79-52(36(9)90)66(106)107/h29-42,45-52,84-90H,10-28,67-68H2,1-9H3,(H2,69,91)(H,70,99)(H,71,101)(H,72,92)(H,73,93)(H,74,95)(H,75,94)(H,76,96)(H,77,97)(H,78,100)(H,79,98)(H,106,107)/t30-,31-,32-,33-,34-,35-,36-,37+,38+,39+,40+,41+,42+,45+,46+,47+,48+,49+,50+,51+,52+/m1/s1. The highest BCUT2D eigenvalue weighted by Crippen LogP contribution is 2.26. The van der Waals surface area contributed by atoms with Crippen LogP contribution in [0.5, 0.6) is 0 Å². The molecule has 604 valence electrons. The van der Waals surface area contributed by atoms with Crippen LogP contribution < -0.4 is 70.4 Å². The van der Waals surface area contributed by atoms with Crippen molar-refractivity contribution in [1.82, 2.24) is 72.8 Å². The minimum Gasteiger partial charge on any atom is -0.480 e. The first kappa shape index (κ1) is 90.6. The van der Waals surface area contributed by atoms with E-state index in [0.29, 0.717) is 25.8 Å². The molecule has 0 aromatic carbocycles. The molecule has 4 heterocycles. The maximum atomic E-state index is 14.4. The smallest absolute Gasteiger partial charge is 0.328 e. The maximum absolute atomic E-state index is 14.4. The van der Waals surface area contributed by atoms with Gasteiger partial charge >= 0.3 is 5.97 Å². The Balaban J connectivity index is 1.40. The van der Waals surface area contributed by atoms with E-state index in [1.807, 2.05) is 0 Å². The van der Waals surface area contributed by atoms with Gasteiger partial charge in [0.2, 0.25) is 88.6 Å². The fourth-order valence-electron chi connectivity index (χ4n) is 12.9. The SMILES string of the molecule is CC(C)[C@H](NC(=O)[C@@H](N)CCCCN)C(=O)N[C@H](C(=O)N1CCC[C@H]1C(=O)N[C@H](C(=O)N1CCC[C@H]1C(=O)N[C@H](C(=O)N1CCC[C@H]1C(=O)N[C@H](C(=O)NCC(=O)N[C@H](C(=O)N[C@@H](CCC(N)=O)C(=O)N[C@H](C(=O)N1CCC[C@H]1C(=O)N[C@H](C(=O)O)[C@@H](C)O)[C@@H](C)O)[C@@H](C)O)[C@@H](C)O)[C@@H](C)O)[C@@H](C)O)[C@@H](C)O. The van der Waals surface area contributed by atoms with Crippen molar-refractivity contribution >= 4 is 94.6 Å². The van der Waals surface area contributed by atoms with Gasteiger partial charge in [-0.15, -0.1) is 0 Å². The lowest BCUT2D eigenvalue weighted by molar-refractivity contribution is -0.148. The Hall–Kier alpha value is -8.84. The molecule has 41 heteroatoms. The van der Waals surface area contributed by atoms with Crippen LogP contribution in [0.4, 0.5) is 0 Å². The number of nitrogens with one attached hydrogen (secondary N) is 10. The minimum atomic E-state index is -1.93. The summed E-state index contributed by atoms with van der Waals surface area (Å²) < 4.78 is 0. The van der Waals surface area contributed by atoms with Gasteiger partial charge in [-0.05, 0) is 132 Å². The van der Waals surface area contributed by atoms with Crippen LogP contribution in [0.1, 0.15) is 146 Å². The largest absolute Gasteiger partial charge is 0.480 e. The first-order chi connectivity index (χ1) is 50.1. The van der Waals surface area contributed by atoms with Crippen LogP contribution in [0.25, 0.3) is 0 Å². The molecule has 0 unspecified atom stereocenters. The van der Waals surface area contributed by atoms with Gasteiger partial charge in [-0.25, -0.2) is 4.79 Å². The molecule has 0 saturated carbocycles. The first-order valence-electron chi connectivity index (χ1n) is 36.0. The van der Waals surface area contributed by atoms with Crippen molar-refractivity contribution in [3.8, 4) is 0 Å². The van der Waals surface area contributed by atoms with E-state index in [0.717, 1.165) is 54.2 Å². The zero-order valence-electron chi connectivity index (χ0n) is 61.8. The number of hydrogen-bond donors (Lipinski definition) is 21. The second kappa shape index (κ2) is 42.1. The van der Waals surface area contributed by atoms with Crippen molar-refractivity contribution in [2.75, 3.05) is 39.3 Å². The molecule has 107 heavy (non-hydrogen) atoms. The normalized spacial score (nSPS) is 22.0. The van der Waals surface area contributed by atoms with Crippen molar-refractivity contribution in [2.24, 2.45) is 23.1 Å². The summed E-state index contributed by atoms with van der Waals surface area (Å²) in [5.74, 6) is -16.9. The summed E-state index contributed by atoms with van der Waals surface area (Å²) in [5.41, 5.74) is 16.9. The van der Waals surface area contributed by atoms with Gasteiger partial charge in [-0.1, -0.05) is 20.3 Å². The number of carbonyl (C=O) groups excluding carboxylic acids is 15. The van der Waals surface area contributed by atoms with E-state index in [1.165, 1.54) is 13.8 Å². The van der Waals surface area contributed by atoms with Crippen molar-refractivity contribution < 1.29 is 118 Å². The number of carboxylic acids is 1. The van der Waals surface area contributed by atoms with Gasteiger partial charge in [0.05, 0.1) is 55.3 Å². The molecule has 4 fully saturated rings. The van der Waals surface area contributed by atoms with E-state index in [9.17, 15) is 118 Å². The van der Waals surface area contributed by atoms with E-state index >= 15 is 0 Å². The highest BCUT2D eigenvalue weighted by molar-refractivity contribution is 6.01. The molecule has 4 aliphatic heterocycles. The number of aliphatic carboxylic acids is 1. The fourth-order valence-corrected chi connectivity index (χ4v) is 12.9. The molecule has 4 rings (SSSR count). The summed E-state index contributed by atoms with van der Waals surface area (Å²) in [5, 5.41) is 108. The predicted octanol–water partition coefficient (Wildman–Crippen LogP) is -10.4. The lowest BCUT2D eigenvalue weighted by Gasteiger charge is -2.34. The summed E-state index contributed by atoms with van der Waals surface area (Å²) in [6.07, 6.45) is -10.2. The van der Waals surface area contributed by atoms with Crippen LogP contribution in [0.15, 0.2) is 0 Å². The Morgan fingerprint density at radius 2 is 0.701 bits per heavy atom. The Morgan fingerprint density at radius 1 is 0.383 bits per heavy atom. The fraction of sp³-hybridized carbons (Fsp3) is 0.758. The van der Waals surface area contributed by atoms with E-state index in [1.54, 1.807) is 13.8 Å². The molecule has 24 N–H and O–H groups in total. The third kappa shape index (κ3) is 25.4. The Morgan fingerprint density at radius 3 is 1.04 bits per heavy atom. The number of carboxylic acid groups (broad SMARTS) is 1. The molecule has 0 spiro atoms. The third-order valence-electron chi connectivity index (χ3n) is 19.0. The second-order valence-electron chi connectivity index (χ2n) is 28.1. The molecular formula is C66H111N17O24. The maximum Gasteiger partial charge on any atom is 0.328 e. The van der Waals surface area contributed by atoms with Crippen LogP contribution in [0, 0.1) is 5.92 Å². The Bertz CT molecular complexity index is 3180. The van der Waals surface area contributed by atoms with Gasteiger partial charge in [0.25, 0.3) is 0 Å². The van der Waals surface area contributed by atoms with Gasteiger partial charge in [-0.2, -0.15) is 0 Å². The number of nitrogens with zero attached hydrogens (tertiary/aromatic N) is 4. The Labute approximate surface area is 618 Å². The zero-order valence-corrected chi connectivity index (χ0v) is 61.8. The molecule has 0 aliphatic carbocycles. The number of primary amides is 1. The summed E-state index contributed by atoms with van der Waals surface area (Å²) in [7, 11) is 0. The number of aliphatic hydroxyl groups excluding tert-OH is 7. The summed E-state index contributed by atoms with van der Waals surface area (Å²) in [4.78, 5) is 221. The molecule has 21 atom stereocenters. The topological polar surface area (TPSA) is 646 Å². The van der Waals surface area contributed by atoms with Crippen molar-refractivity contribution in [2.45, 2.75) is 273 Å². The quantitative estimate of drug-likeness (QED) is 0.0253. The number of unbranched alkanes of at least 4 members (excludes halogenated alkanes) is 1. The van der Waals surface area contributed by atoms with Crippen molar-refractivity contribution in [3.63, 3.8) is 0 Å². The van der Waals surface area contributed by atoms with Gasteiger partial charge in [-0.3, -0.25) is 71.9 Å². The van der Waals surface area contributed by atoms with E-state index in [4.69, 9.17) is 17.2 Å². The van der Waals surface area contributed by atoms with Gasteiger partial charge < -0.3 is 131 Å². The van der Waals surface area contributed by atoms with Gasteiger partial charge in [0.1, 0.15) is 72.5 Å². The highest BCUT2D eigenvalue weighted by atomic mass is 16.4. The molecule has 0 aromatic heterocycles. The lowest BCUT2D eigenvalue weighted by Crippen LogP contribution is -2.63. The molecule has 0 bridgehead atoms. The molecule has 41 nitrogen and oxygen atoms in total. The number of hydrogen-bond acceptors (Lipinski definition) is 25. The van der Waals surface area contributed by atoms with E-state index in [2.05, 4.69) is 53.2 Å². The predicted molar refractivity (Wildman–Crippen MR) is 373 cm³/mol. The monoisotopic (exact) mass is 1530 g/mol. The van der Waals surface area contributed by atoms with E-state index in [-0.39, 0.29) is 77.5 Å². The highest BCUT2D eigenvalue weighted by Gasteiger charge is 2.48. The molecule has 4 aliphatic rings.